The Hall–Kier alpha value is -0.800. The minimum Gasteiger partial charge on any atom is -0.389 e. The van der Waals surface area contributed by atoms with Crippen molar-refractivity contribution in [3.8, 4) is 0 Å². The lowest BCUT2D eigenvalue weighted by Gasteiger charge is -2.29. The van der Waals surface area contributed by atoms with Crippen LogP contribution in [0.1, 0.15) is 38.2 Å². The molecule has 2 aliphatic rings. The van der Waals surface area contributed by atoms with Crippen molar-refractivity contribution in [1.29, 1.82) is 0 Å². The van der Waals surface area contributed by atoms with Gasteiger partial charge in [0.25, 0.3) is 0 Å². The Morgan fingerprint density at radius 3 is 2.75 bits per heavy atom. The second-order valence-corrected chi connectivity index (χ2v) is 7.18. The van der Waals surface area contributed by atoms with E-state index in [4.69, 9.17) is 29.6 Å². The molecule has 1 aromatic rings. The molecule has 4 atom stereocenters. The molecule has 2 nitrogen and oxygen atoms in total. The molecule has 0 saturated heterocycles. The number of nitrogens with two attached hydrogens (primary N) is 1. The standard InChI is InChI=1S/C16H21ClN2S/c1-9(13-7-10-2-3-11(13)6-10)19-15-5-4-12(16(18)20)8-14(15)17/h4-5,8-11,13,19H,2-3,6-7H2,1H3,(H2,18,20). The summed E-state index contributed by atoms with van der Waals surface area (Å²) >= 11 is 11.3. The minimum atomic E-state index is 0.389. The van der Waals surface area contributed by atoms with Gasteiger partial charge in [0, 0.05) is 11.6 Å². The maximum atomic E-state index is 6.33. The fraction of sp³-hybridized carbons (Fsp3) is 0.562. The molecule has 108 valence electrons. The lowest BCUT2D eigenvalue weighted by atomic mass is 9.84. The van der Waals surface area contributed by atoms with Crippen LogP contribution in [0.4, 0.5) is 5.69 Å². The zero-order valence-electron chi connectivity index (χ0n) is 11.7. The molecule has 0 aromatic heterocycles. The number of rotatable bonds is 4. The summed E-state index contributed by atoms with van der Waals surface area (Å²) in [5.41, 5.74) is 7.44. The molecule has 4 unspecified atom stereocenters. The average molecular weight is 309 g/mol. The molecule has 3 rings (SSSR count). The van der Waals surface area contributed by atoms with Crippen molar-refractivity contribution in [2.75, 3.05) is 5.32 Å². The van der Waals surface area contributed by atoms with Gasteiger partial charge in [-0.15, -0.1) is 0 Å². The van der Waals surface area contributed by atoms with E-state index in [1.54, 1.807) is 0 Å². The number of fused-ring (bicyclic) bond motifs is 2. The van der Waals surface area contributed by atoms with Gasteiger partial charge in [0.2, 0.25) is 0 Å². The predicted octanol–water partition coefficient (Wildman–Crippen LogP) is 4.21. The van der Waals surface area contributed by atoms with E-state index in [0.717, 1.165) is 29.0 Å². The molecule has 4 heteroatoms. The van der Waals surface area contributed by atoms with Crippen LogP contribution in [-0.4, -0.2) is 11.0 Å². The Kier molecular flexibility index (Phi) is 3.91. The van der Waals surface area contributed by atoms with Crippen LogP contribution in [0.25, 0.3) is 0 Å². The molecular weight excluding hydrogens is 288 g/mol. The van der Waals surface area contributed by atoms with Crippen molar-refractivity contribution in [3.05, 3.63) is 28.8 Å². The number of nitrogens with one attached hydrogen (secondary N) is 1. The smallest absolute Gasteiger partial charge is 0.104 e. The molecule has 0 aliphatic heterocycles. The summed E-state index contributed by atoms with van der Waals surface area (Å²) < 4.78 is 0. The number of anilines is 1. The van der Waals surface area contributed by atoms with E-state index in [1.165, 1.54) is 25.7 Å². The highest BCUT2D eigenvalue weighted by atomic mass is 35.5. The SMILES string of the molecule is CC(Nc1ccc(C(N)=S)cc1Cl)C1CC2CCC1C2. The molecule has 3 N–H and O–H groups in total. The Labute approximate surface area is 131 Å². The second kappa shape index (κ2) is 5.53. The number of hydrogen-bond donors (Lipinski definition) is 2. The van der Waals surface area contributed by atoms with Gasteiger partial charge in [0.15, 0.2) is 0 Å². The van der Waals surface area contributed by atoms with Crippen LogP contribution in [0.3, 0.4) is 0 Å². The summed E-state index contributed by atoms with van der Waals surface area (Å²) in [4.78, 5) is 0.389. The molecular formula is C16H21ClN2S. The predicted molar refractivity (Wildman–Crippen MR) is 89.4 cm³/mol. The monoisotopic (exact) mass is 308 g/mol. The van der Waals surface area contributed by atoms with Crippen molar-refractivity contribution >= 4 is 34.5 Å². The molecule has 0 radical (unpaired) electrons. The topological polar surface area (TPSA) is 38.0 Å². The highest BCUT2D eigenvalue weighted by Crippen LogP contribution is 2.50. The summed E-state index contributed by atoms with van der Waals surface area (Å²) in [5, 5.41) is 4.29. The van der Waals surface area contributed by atoms with Crippen molar-refractivity contribution < 1.29 is 0 Å². The average Bonchev–Trinajstić information content (AvgIpc) is 3.03. The minimum absolute atomic E-state index is 0.389. The van der Waals surface area contributed by atoms with Crippen LogP contribution in [0.15, 0.2) is 18.2 Å². The van der Waals surface area contributed by atoms with Gasteiger partial charge >= 0.3 is 0 Å². The zero-order valence-corrected chi connectivity index (χ0v) is 13.3. The van der Waals surface area contributed by atoms with Crippen molar-refractivity contribution in [1.82, 2.24) is 0 Å². The van der Waals surface area contributed by atoms with E-state index < -0.39 is 0 Å². The first-order chi connectivity index (χ1) is 9.54. The highest BCUT2D eigenvalue weighted by molar-refractivity contribution is 7.80. The van der Waals surface area contributed by atoms with E-state index in [-0.39, 0.29) is 0 Å². The van der Waals surface area contributed by atoms with Crippen molar-refractivity contribution in [3.63, 3.8) is 0 Å². The van der Waals surface area contributed by atoms with E-state index in [9.17, 15) is 0 Å². The van der Waals surface area contributed by atoms with Crippen LogP contribution in [-0.2, 0) is 0 Å². The summed E-state index contributed by atoms with van der Waals surface area (Å²) in [6.45, 7) is 2.28. The molecule has 20 heavy (non-hydrogen) atoms. The number of hydrogen-bond acceptors (Lipinski definition) is 2. The molecule has 1 aromatic carbocycles. The molecule has 2 fully saturated rings. The molecule has 0 heterocycles. The first-order valence-electron chi connectivity index (χ1n) is 7.40. The quantitative estimate of drug-likeness (QED) is 0.818. The molecule has 2 saturated carbocycles. The third-order valence-electron chi connectivity index (χ3n) is 5.07. The lowest BCUT2D eigenvalue weighted by molar-refractivity contribution is 0.304. The maximum absolute atomic E-state index is 6.33. The van der Waals surface area contributed by atoms with Crippen LogP contribution in [0, 0.1) is 17.8 Å². The van der Waals surface area contributed by atoms with Crippen LogP contribution in [0.5, 0.6) is 0 Å². The van der Waals surface area contributed by atoms with E-state index >= 15 is 0 Å². The van der Waals surface area contributed by atoms with Gasteiger partial charge < -0.3 is 11.1 Å². The van der Waals surface area contributed by atoms with Crippen LogP contribution in [0.2, 0.25) is 5.02 Å². The summed E-state index contributed by atoms with van der Waals surface area (Å²) in [6.07, 6.45) is 5.67. The fourth-order valence-corrected chi connectivity index (χ4v) is 4.41. The Bertz CT molecular complexity index is 531. The Morgan fingerprint density at radius 1 is 1.40 bits per heavy atom. The van der Waals surface area contributed by atoms with Gasteiger partial charge in [-0.2, -0.15) is 0 Å². The first-order valence-corrected chi connectivity index (χ1v) is 8.19. The van der Waals surface area contributed by atoms with E-state index in [0.29, 0.717) is 16.1 Å². The first kappa shape index (κ1) is 14.2. The maximum Gasteiger partial charge on any atom is 0.104 e. The number of benzene rings is 1. The molecule has 2 bridgehead atoms. The van der Waals surface area contributed by atoms with Gasteiger partial charge in [-0.25, -0.2) is 0 Å². The molecule has 0 amide bonds. The zero-order chi connectivity index (χ0) is 14.3. The van der Waals surface area contributed by atoms with Gasteiger partial charge in [-0.1, -0.05) is 30.2 Å². The summed E-state index contributed by atoms with van der Waals surface area (Å²) in [6, 6.07) is 6.24. The lowest BCUT2D eigenvalue weighted by Crippen LogP contribution is -2.30. The van der Waals surface area contributed by atoms with Gasteiger partial charge in [-0.05, 0) is 62.1 Å². The summed E-state index contributed by atoms with van der Waals surface area (Å²) in [7, 11) is 0. The van der Waals surface area contributed by atoms with Crippen molar-refractivity contribution in [2.45, 2.75) is 38.6 Å². The highest BCUT2D eigenvalue weighted by Gasteiger charge is 2.41. The van der Waals surface area contributed by atoms with Crippen LogP contribution < -0.4 is 11.1 Å². The normalized spacial score (nSPS) is 29.4. The number of halogens is 1. The van der Waals surface area contributed by atoms with Gasteiger partial charge in [0.1, 0.15) is 4.99 Å². The third-order valence-corrected chi connectivity index (χ3v) is 5.62. The fourth-order valence-electron chi connectivity index (χ4n) is 4.04. The van der Waals surface area contributed by atoms with E-state index in [2.05, 4.69) is 12.2 Å². The molecule has 2 aliphatic carbocycles. The van der Waals surface area contributed by atoms with Crippen molar-refractivity contribution in [2.24, 2.45) is 23.5 Å². The molecule has 0 spiro atoms. The number of thiocarbonyl (C=S) groups is 1. The summed E-state index contributed by atoms with van der Waals surface area (Å²) in [5.74, 6) is 2.68. The van der Waals surface area contributed by atoms with E-state index in [1.807, 2.05) is 18.2 Å². The Balaban J connectivity index is 1.70. The second-order valence-electron chi connectivity index (χ2n) is 6.33. The third kappa shape index (κ3) is 2.66. The van der Waals surface area contributed by atoms with Gasteiger partial charge in [-0.3, -0.25) is 0 Å². The largest absolute Gasteiger partial charge is 0.389 e. The Morgan fingerprint density at radius 2 is 2.20 bits per heavy atom. The van der Waals surface area contributed by atoms with Crippen LogP contribution >= 0.6 is 23.8 Å². The van der Waals surface area contributed by atoms with Gasteiger partial charge in [0.05, 0.1) is 10.7 Å².